The van der Waals surface area contributed by atoms with Gasteiger partial charge >= 0.3 is 6.18 Å². The van der Waals surface area contributed by atoms with Crippen LogP contribution < -0.4 is 0 Å². The average Bonchev–Trinajstić information content (AvgIpc) is 2.34. The predicted octanol–water partition coefficient (Wildman–Crippen LogP) is 1.66. The fourth-order valence-corrected chi connectivity index (χ4v) is 0.557. The zero-order valence-corrected chi connectivity index (χ0v) is 5.42. The number of carbonyl (C=O) groups excluding carboxylic acids is 1. The Bertz CT molecular complexity index is 324. The van der Waals surface area contributed by atoms with E-state index < -0.39 is 17.6 Å². The number of aromatic nitrogens is 1. The summed E-state index contributed by atoms with van der Waals surface area (Å²) in [6, 6.07) is 0. The minimum Gasteiger partial charge on any atom is -0.362 e. The van der Waals surface area contributed by atoms with Gasteiger partial charge in [0, 0.05) is 0 Å². The van der Waals surface area contributed by atoms with E-state index in [1.165, 1.54) is 0 Å². The van der Waals surface area contributed by atoms with E-state index in [2.05, 4.69) is 14.7 Å². The summed E-state index contributed by atoms with van der Waals surface area (Å²) in [5, 5.41) is 2.63. The van der Waals surface area contributed by atoms with Crippen LogP contribution in [0, 0.1) is 0 Å². The molecule has 1 heterocycles. The van der Waals surface area contributed by atoms with E-state index in [4.69, 9.17) is 0 Å². The first-order valence-electron chi connectivity index (χ1n) is 2.65. The summed E-state index contributed by atoms with van der Waals surface area (Å²) in [6.07, 6.45) is -3.09. The van der Waals surface area contributed by atoms with Crippen LogP contribution in [0.2, 0.25) is 0 Å². The molecule has 7 heteroatoms. The van der Waals surface area contributed by atoms with Crippen molar-refractivity contribution in [3.05, 3.63) is 12.0 Å². The lowest BCUT2D eigenvalue weighted by molar-refractivity contribution is -0.142. The molecule has 0 bridgehead atoms. The van der Waals surface area contributed by atoms with Gasteiger partial charge in [-0.3, -0.25) is 0 Å². The Kier molecular flexibility index (Phi) is 1.97. The van der Waals surface area contributed by atoms with Gasteiger partial charge in [-0.1, -0.05) is 5.16 Å². The first-order valence-corrected chi connectivity index (χ1v) is 2.65. The van der Waals surface area contributed by atoms with Gasteiger partial charge in [0.15, 0.2) is 6.26 Å². The Balaban J connectivity index is 3.16. The van der Waals surface area contributed by atoms with Crippen LogP contribution in [0.1, 0.15) is 5.69 Å². The summed E-state index contributed by atoms with van der Waals surface area (Å²) >= 11 is 0. The summed E-state index contributed by atoms with van der Waals surface area (Å²) in [5.74, 6) is 0. The smallest absolute Gasteiger partial charge is 0.362 e. The maximum absolute atomic E-state index is 11.9. The Morgan fingerprint density at radius 2 is 2.25 bits per heavy atom. The molecule has 0 N–H and O–H groups in total. The summed E-state index contributed by atoms with van der Waals surface area (Å²) in [6.45, 7) is 0. The third-order valence-corrected chi connectivity index (χ3v) is 0.986. The van der Waals surface area contributed by atoms with Crippen LogP contribution in [0.25, 0.3) is 0 Å². The van der Waals surface area contributed by atoms with Crippen molar-refractivity contribution in [3.63, 3.8) is 0 Å². The summed E-state index contributed by atoms with van der Waals surface area (Å²) < 4.78 is 39.7. The molecule has 0 amide bonds. The number of halogens is 3. The minimum atomic E-state index is -4.66. The fraction of sp³-hybridized carbons (Fsp3) is 0.200. The Hall–Kier alpha value is -1.62. The molecule has 0 saturated heterocycles. The van der Waals surface area contributed by atoms with E-state index in [1.807, 2.05) is 0 Å². The van der Waals surface area contributed by atoms with Gasteiger partial charge in [0.2, 0.25) is 11.8 Å². The molecule has 1 aromatic rings. The molecule has 0 aliphatic heterocycles. The molecule has 0 fully saturated rings. The number of hydrogen-bond acceptors (Lipinski definition) is 4. The number of nitrogens with zero attached hydrogens (tertiary/aromatic N) is 2. The highest BCUT2D eigenvalue weighted by Crippen LogP contribution is 2.34. The molecular formula is C5HF3N2O2. The van der Waals surface area contributed by atoms with E-state index in [1.54, 1.807) is 0 Å². The van der Waals surface area contributed by atoms with Crippen LogP contribution in [0.4, 0.5) is 18.9 Å². The molecule has 1 aromatic heterocycles. The second-order valence-corrected chi connectivity index (χ2v) is 1.75. The Morgan fingerprint density at radius 1 is 1.58 bits per heavy atom. The molecule has 12 heavy (non-hydrogen) atoms. The van der Waals surface area contributed by atoms with Gasteiger partial charge in [-0.2, -0.15) is 18.2 Å². The van der Waals surface area contributed by atoms with Gasteiger partial charge in [-0.25, -0.2) is 4.79 Å². The first kappa shape index (κ1) is 8.48. The summed E-state index contributed by atoms with van der Waals surface area (Å²) in [7, 11) is 0. The van der Waals surface area contributed by atoms with Crippen LogP contribution in [-0.4, -0.2) is 11.2 Å². The van der Waals surface area contributed by atoms with Crippen LogP contribution in [0.15, 0.2) is 15.8 Å². The largest absolute Gasteiger partial charge is 0.439 e. The standard InChI is InChI=1S/C5HF3N2O2/c6-5(7,8)4-3(9-2-11)1-12-10-4/h1H. The number of hydrogen-bond donors (Lipinski definition) is 0. The molecule has 0 saturated carbocycles. The van der Waals surface area contributed by atoms with Gasteiger partial charge in [0.05, 0.1) is 0 Å². The molecule has 0 unspecified atom stereocenters. The van der Waals surface area contributed by atoms with Crippen LogP contribution in [0.3, 0.4) is 0 Å². The average molecular weight is 178 g/mol. The van der Waals surface area contributed by atoms with E-state index in [0.717, 1.165) is 6.08 Å². The van der Waals surface area contributed by atoms with E-state index in [0.29, 0.717) is 6.26 Å². The van der Waals surface area contributed by atoms with Crippen molar-refractivity contribution < 1.29 is 22.5 Å². The van der Waals surface area contributed by atoms with E-state index in [9.17, 15) is 18.0 Å². The molecule has 0 aliphatic rings. The monoisotopic (exact) mass is 178 g/mol. The molecule has 0 radical (unpaired) electrons. The molecule has 0 aromatic carbocycles. The first-order chi connectivity index (χ1) is 5.55. The molecule has 0 spiro atoms. The third kappa shape index (κ3) is 1.51. The van der Waals surface area contributed by atoms with Crippen molar-refractivity contribution in [2.75, 3.05) is 0 Å². The predicted molar refractivity (Wildman–Crippen MR) is 29.3 cm³/mol. The van der Waals surface area contributed by atoms with Crippen molar-refractivity contribution in [1.29, 1.82) is 0 Å². The van der Waals surface area contributed by atoms with E-state index in [-0.39, 0.29) is 0 Å². The van der Waals surface area contributed by atoms with Gasteiger partial charge in [0.25, 0.3) is 0 Å². The fourth-order valence-electron chi connectivity index (χ4n) is 0.557. The number of isocyanates is 1. The minimum absolute atomic E-state index is 0.619. The maximum Gasteiger partial charge on any atom is 0.439 e. The lowest BCUT2D eigenvalue weighted by Crippen LogP contribution is -2.05. The SMILES string of the molecule is O=C=Nc1conc1C(F)(F)F. The second-order valence-electron chi connectivity index (χ2n) is 1.75. The van der Waals surface area contributed by atoms with Crippen LogP contribution >= 0.6 is 0 Å². The van der Waals surface area contributed by atoms with Crippen molar-refractivity contribution in [2.45, 2.75) is 6.18 Å². The quantitative estimate of drug-likeness (QED) is 0.485. The Labute approximate surface area is 63.7 Å². The summed E-state index contributed by atoms with van der Waals surface area (Å²) in [4.78, 5) is 12.4. The van der Waals surface area contributed by atoms with Crippen LogP contribution in [0.5, 0.6) is 0 Å². The second kappa shape index (κ2) is 2.78. The molecular weight excluding hydrogens is 177 g/mol. The van der Waals surface area contributed by atoms with Crippen molar-refractivity contribution in [1.82, 2.24) is 5.16 Å². The van der Waals surface area contributed by atoms with Crippen molar-refractivity contribution in [3.8, 4) is 0 Å². The lowest BCUT2D eigenvalue weighted by Gasteiger charge is -1.99. The number of alkyl halides is 3. The highest BCUT2D eigenvalue weighted by molar-refractivity contribution is 5.50. The van der Waals surface area contributed by atoms with E-state index >= 15 is 0 Å². The van der Waals surface area contributed by atoms with Gasteiger partial charge in [-0.05, 0) is 0 Å². The topological polar surface area (TPSA) is 55.5 Å². The molecule has 0 atom stereocenters. The highest BCUT2D eigenvalue weighted by Gasteiger charge is 2.37. The van der Waals surface area contributed by atoms with Crippen molar-refractivity contribution >= 4 is 11.8 Å². The van der Waals surface area contributed by atoms with Gasteiger partial charge < -0.3 is 4.52 Å². The molecule has 0 aliphatic carbocycles. The normalized spacial score (nSPS) is 10.9. The van der Waals surface area contributed by atoms with Gasteiger partial charge in [-0.15, -0.1) is 0 Å². The number of aliphatic imine (C=N–C) groups is 1. The molecule has 1 rings (SSSR count). The maximum atomic E-state index is 11.9. The van der Waals surface area contributed by atoms with Crippen LogP contribution in [-0.2, 0) is 11.0 Å². The zero-order chi connectivity index (χ0) is 9.19. The zero-order valence-electron chi connectivity index (χ0n) is 5.42. The lowest BCUT2D eigenvalue weighted by atomic mass is 10.4. The van der Waals surface area contributed by atoms with Gasteiger partial charge in [0.1, 0.15) is 5.69 Å². The molecule has 64 valence electrons. The Morgan fingerprint density at radius 3 is 2.75 bits per heavy atom. The highest BCUT2D eigenvalue weighted by atomic mass is 19.4. The summed E-state index contributed by atoms with van der Waals surface area (Å²) in [5.41, 5.74) is -2.00. The molecule has 4 nitrogen and oxygen atoms in total. The third-order valence-electron chi connectivity index (χ3n) is 0.986. The number of rotatable bonds is 1. The van der Waals surface area contributed by atoms with Crippen molar-refractivity contribution in [2.24, 2.45) is 4.99 Å².